The van der Waals surface area contributed by atoms with Crippen molar-refractivity contribution in [3.05, 3.63) is 65.6 Å². The molecule has 2 aromatic heterocycles. The molecule has 0 aliphatic heterocycles. The summed E-state index contributed by atoms with van der Waals surface area (Å²) in [6, 6.07) is 12.4. The number of aryl methyl sites for hydroxylation is 1. The van der Waals surface area contributed by atoms with Gasteiger partial charge in [-0.15, -0.1) is 10.2 Å². The molecule has 33 heavy (non-hydrogen) atoms. The summed E-state index contributed by atoms with van der Waals surface area (Å²) in [5.74, 6) is 1.97. The fourth-order valence-corrected chi connectivity index (χ4v) is 4.23. The van der Waals surface area contributed by atoms with Gasteiger partial charge in [0.2, 0.25) is 17.6 Å². The van der Waals surface area contributed by atoms with Gasteiger partial charge in [-0.05, 0) is 49.6 Å². The highest BCUT2D eigenvalue weighted by Crippen LogP contribution is 2.41. The van der Waals surface area contributed by atoms with E-state index in [9.17, 15) is 9.18 Å². The van der Waals surface area contributed by atoms with Crippen molar-refractivity contribution in [1.29, 1.82) is 0 Å². The lowest BCUT2D eigenvalue weighted by Crippen LogP contribution is -2.07. The van der Waals surface area contributed by atoms with Gasteiger partial charge in [0.25, 0.3) is 0 Å². The van der Waals surface area contributed by atoms with Gasteiger partial charge >= 0.3 is 0 Å². The lowest BCUT2D eigenvalue weighted by Gasteiger charge is -2.11. The number of nitrogens with zero attached hydrogens (tertiary/aromatic N) is 5. The van der Waals surface area contributed by atoms with Crippen LogP contribution in [0.25, 0.3) is 17.1 Å². The van der Waals surface area contributed by atoms with Crippen molar-refractivity contribution in [3.8, 4) is 17.1 Å². The summed E-state index contributed by atoms with van der Waals surface area (Å²) in [5.41, 5.74) is 2.70. The fourth-order valence-electron chi connectivity index (χ4n) is 3.44. The van der Waals surface area contributed by atoms with Crippen LogP contribution < -0.4 is 5.32 Å². The number of carbonyl (C=O) groups excluding carboxylic acids is 1. The summed E-state index contributed by atoms with van der Waals surface area (Å²) < 4.78 is 21.3. The number of aromatic nitrogens is 5. The highest BCUT2D eigenvalue weighted by molar-refractivity contribution is 7.98. The van der Waals surface area contributed by atoms with Gasteiger partial charge in [0.05, 0.1) is 11.4 Å². The van der Waals surface area contributed by atoms with Crippen LogP contribution in [0.5, 0.6) is 0 Å². The maximum Gasteiger partial charge on any atom is 0.237 e. The average molecular weight is 465 g/mol. The van der Waals surface area contributed by atoms with E-state index in [1.54, 1.807) is 19.1 Å². The molecule has 8 nitrogen and oxygen atoms in total. The van der Waals surface area contributed by atoms with Crippen LogP contribution in [0.15, 0.2) is 52.1 Å². The lowest BCUT2D eigenvalue weighted by atomic mass is 10.1. The molecule has 1 saturated carbocycles. The van der Waals surface area contributed by atoms with Crippen molar-refractivity contribution in [2.24, 2.45) is 0 Å². The number of halogens is 1. The van der Waals surface area contributed by atoms with Crippen LogP contribution in [0, 0.1) is 12.7 Å². The van der Waals surface area contributed by atoms with Crippen LogP contribution in [0.2, 0.25) is 0 Å². The number of anilines is 1. The number of carbonyl (C=O) groups is 1. The Morgan fingerprint density at radius 2 is 2.09 bits per heavy atom. The van der Waals surface area contributed by atoms with Gasteiger partial charge in [0.1, 0.15) is 11.6 Å². The van der Waals surface area contributed by atoms with Crippen LogP contribution in [0.1, 0.15) is 43.0 Å². The highest BCUT2D eigenvalue weighted by atomic mass is 32.2. The number of nitrogens with one attached hydrogen (secondary N) is 1. The van der Waals surface area contributed by atoms with E-state index in [1.165, 1.54) is 24.8 Å². The topological polar surface area (TPSA) is 98.7 Å². The Labute approximate surface area is 193 Å². The molecule has 1 N–H and O–H groups in total. The number of thioether (sulfide) groups is 1. The SMILES string of the molecule is CC(=O)Nc1cccc(-n2c(SCc3nc(-c4ccc(C)c(F)c4)no3)nnc2C2CC2)c1. The van der Waals surface area contributed by atoms with Gasteiger partial charge in [-0.2, -0.15) is 4.98 Å². The molecule has 1 aliphatic rings. The van der Waals surface area contributed by atoms with Crippen LogP contribution in [-0.2, 0) is 10.5 Å². The predicted molar refractivity (Wildman–Crippen MR) is 122 cm³/mol. The molecule has 0 atom stereocenters. The Hall–Kier alpha value is -3.53. The van der Waals surface area contributed by atoms with E-state index < -0.39 is 0 Å². The first-order valence-corrected chi connectivity index (χ1v) is 11.5. The molecular weight excluding hydrogens is 443 g/mol. The Bertz CT molecular complexity index is 1330. The minimum Gasteiger partial charge on any atom is -0.338 e. The third-order valence-corrected chi connectivity index (χ3v) is 6.16. The van der Waals surface area contributed by atoms with E-state index in [-0.39, 0.29) is 11.7 Å². The molecule has 0 saturated heterocycles. The van der Waals surface area contributed by atoms with E-state index in [0.717, 1.165) is 24.4 Å². The molecule has 10 heteroatoms. The zero-order chi connectivity index (χ0) is 22.9. The molecule has 1 aliphatic carbocycles. The Kier molecular flexibility index (Phi) is 5.67. The zero-order valence-electron chi connectivity index (χ0n) is 18.1. The lowest BCUT2D eigenvalue weighted by molar-refractivity contribution is -0.114. The van der Waals surface area contributed by atoms with Crippen molar-refractivity contribution < 1.29 is 13.7 Å². The minimum atomic E-state index is -0.310. The van der Waals surface area contributed by atoms with Crippen molar-refractivity contribution >= 4 is 23.4 Å². The first kappa shape index (κ1) is 21.3. The number of benzene rings is 2. The smallest absolute Gasteiger partial charge is 0.237 e. The largest absolute Gasteiger partial charge is 0.338 e. The number of hydrogen-bond donors (Lipinski definition) is 1. The van der Waals surface area contributed by atoms with E-state index in [2.05, 4.69) is 25.7 Å². The second kappa shape index (κ2) is 8.78. The first-order chi connectivity index (χ1) is 16.0. The Morgan fingerprint density at radius 3 is 2.85 bits per heavy atom. The number of amides is 1. The molecule has 0 spiro atoms. The summed E-state index contributed by atoms with van der Waals surface area (Å²) in [7, 11) is 0. The average Bonchev–Trinajstić information content (AvgIpc) is 3.37. The summed E-state index contributed by atoms with van der Waals surface area (Å²) >= 11 is 1.43. The van der Waals surface area contributed by atoms with E-state index in [0.29, 0.717) is 45.4 Å². The van der Waals surface area contributed by atoms with Gasteiger partial charge in [0.15, 0.2) is 5.16 Å². The molecule has 0 radical (unpaired) electrons. The first-order valence-electron chi connectivity index (χ1n) is 10.5. The molecule has 168 valence electrons. The van der Waals surface area contributed by atoms with Crippen molar-refractivity contribution in [3.63, 3.8) is 0 Å². The standard InChI is InChI=1S/C23H21FN6O2S/c1-13-6-7-16(10-19(13)24)21-26-20(32-29-21)12-33-23-28-27-22(15-8-9-15)30(23)18-5-3-4-17(11-18)25-14(2)31/h3-7,10-11,15H,8-9,12H2,1-2H3,(H,25,31). The van der Waals surface area contributed by atoms with Crippen LogP contribution in [-0.4, -0.2) is 30.8 Å². The van der Waals surface area contributed by atoms with E-state index in [1.807, 2.05) is 28.8 Å². The second-order valence-electron chi connectivity index (χ2n) is 7.95. The maximum absolute atomic E-state index is 13.9. The van der Waals surface area contributed by atoms with E-state index >= 15 is 0 Å². The monoisotopic (exact) mass is 464 g/mol. The molecule has 1 fully saturated rings. The second-order valence-corrected chi connectivity index (χ2v) is 8.89. The normalized spacial score (nSPS) is 13.3. The Morgan fingerprint density at radius 1 is 1.24 bits per heavy atom. The van der Waals surface area contributed by atoms with Crippen molar-refractivity contribution in [2.45, 2.75) is 43.5 Å². The fraction of sp³-hybridized carbons (Fsp3) is 0.261. The molecule has 4 aromatic rings. The number of rotatable bonds is 7. The van der Waals surface area contributed by atoms with Crippen LogP contribution in [0.3, 0.4) is 0 Å². The zero-order valence-corrected chi connectivity index (χ0v) is 18.9. The number of hydrogen-bond acceptors (Lipinski definition) is 7. The van der Waals surface area contributed by atoms with Crippen LogP contribution >= 0.6 is 11.8 Å². The molecule has 0 bridgehead atoms. The third-order valence-electron chi connectivity index (χ3n) is 5.25. The van der Waals surface area contributed by atoms with Gasteiger partial charge in [0, 0.05) is 24.1 Å². The summed E-state index contributed by atoms with van der Waals surface area (Å²) in [6.07, 6.45) is 2.16. The molecule has 5 rings (SSSR count). The minimum absolute atomic E-state index is 0.131. The quantitative estimate of drug-likeness (QED) is 0.389. The highest BCUT2D eigenvalue weighted by Gasteiger charge is 2.31. The van der Waals surface area contributed by atoms with E-state index in [4.69, 9.17) is 4.52 Å². The maximum atomic E-state index is 13.9. The van der Waals surface area contributed by atoms with Gasteiger partial charge in [-0.25, -0.2) is 4.39 Å². The van der Waals surface area contributed by atoms with Gasteiger partial charge in [-0.3, -0.25) is 9.36 Å². The predicted octanol–water partition coefficient (Wildman–Crippen LogP) is 4.89. The van der Waals surface area contributed by atoms with Crippen LogP contribution in [0.4, 0.5) is 10.1 Å². The summed E-state index contributed by atoms with van der Waals surface area (Å²) in [6.45, 7) is 3.18. The molecule has 2 aromatic carbocycles. The molecule has 1 amide bonds. The summed E-state index contributed by atoms with van der Waals surface area (Å²) in [4.78, 5) is 15.9. The van der Waals surface area contributed by atoms with Crippen molar-refractivity contribution in [1.82, 2.24) is 24.9 Å². The third kappa shape index (κ3) is 4.65. The van der Waals surface area contributed by atoms with Gasteiger partial charge in [-0.1, -0.05) is 35.1 Å². The molecule has 2 heterocycles. The Balaban J connectivity index is 1.38. The molecular formula is C23H21FN6O2S. The van der Waals surface area contributed by atoms with Crippen molar-refractivity contribution in [2.75, 3.05) is 5.32 Å². The van der Waals surface area contributed by atoms with Gasteiger partial charge < -0.3 is 9.84 Å². The summed E-state index contributed by atoms with van der Waals surface area (Å²) in [5, 5.41) is 16.3. The molecule has 0 unspecified atom stereocenters.